The second kappa shape index (κ2) is 7.69. The topological polar surface area (TPSA) is 47.6 Å². The van der Waals surface area contributed by atoms with E-state index in [0.29, 0.717) is 23.6 Å². The SMILES string of the molecule is COc1cc(NC(=O)CCCc2cccs2)cc(OC)c1. The minimum Gasteiger partial charge on any atom is -0.497 e. The molecule has 0 aliphatic heterocycles. The number of rotatable bonds is 7. The van der Waals surface area contributed by atoms with E-state index in [9.17, 15) is 4.79 Å². The fourth-order valence-electron chi connectivity index (χ4n) is 1.98. The molecule has 5 heteroatoms. The zero-order valence-electron chi connectivity index (χ0n) is 12.2. The normalized spacial score (nSPS) is 10.2. The van der Waals surface area contributed by atoms with E-state index in [1.807, 2.05) is 6.07 Å². The molecule has 0 radical (unpaired) electrons. The van der Waals surface area contributed by atoms with Crippen LogP contribution in [0.4, 0.5) is 5.69 Å². The van der Waals surface area contributed by atoms with E-state index in [1.165, 1.54) is 4.88 Å². The predicted octanol–water partition coefficient (Wildman–Crippen LogP) is 3.73. The van der Waals surface area contributed by atoms with Crippen LogP contribution in [0.1, 0.15) is 17.7 Å². The van der Waals surface area contributed by atoms with Crippen LogP contribution in [0.3, 0.4) is 0 Å². The van der Waals surface area contributed by atoms with Crippen molar-refractivity contribution in [1.29, 1.82) is 0 Å². The van der Waals surface area contributed by atoms with Crippen molar-refractivity contribution in [3.05, 3.63) is 40.6 Å². The van der Waals surface area contributed by atoms with E-state index in [4.69, 9.17) is 9.47 Å². The molecular formula is C16H19NO3S. The summed E-state index contributed by atoms with van der Waals surface area (Å²) >= 11 is 1.72. The number of amides is 1. The first kappa shape index (κ1) is 15.4. The molecule has 0 unspecified atom stereocenters. The summed E-state index contributed by atoms with van der Waals surface area (Å²) < 4.78 is 10.4. The van der Waals surface area contributed by atoms with Gasteiger partial charge in [-0.05, 0) is 24.3 Å². The molecule has 0 atom stereocenters. The molecule has 0 saturated carbocycles. The van der Waals surface area contributed by atoms with Crippen molar-refractivity contribution < 1.29 is 14.3 Å². The number of ether oxygens (including phenoxy) is 2. The summed E-state index contributed by atoms with van der Waals surface area (Å²) in [7, 11) is 3.17. The summed E-state index contributed by atoms with van der Waals surface area (Å²) in [5.41, 5.74) is 0.687. The maximum atomic E-state index is 12.0. The van der Waals surface area contributed by atoms with Gasteiger partial charge in [0.05, 0.1) is 14.2 Å². The number of thiophene rings is 1. The van der Waals surface area contributed by atoms with Crippen LogP contribution in [0.2, 0.25) is 0 Å². The number of methoxy groups -OCH3 is 2. The lowest BCUT2D eigenvalue weighted by Crippen LogP contribution is -2.11. The maximum absolute atomic E-state index is 12.0. The van der Waals surface area contributed by atoms with Crippen molar-refractivity contribution in [1.82, 2.24) is 0 Å². The Balaban J connectivity index is 1.86. The molecule has 1 N–H and O–H groups in total. The first-order chi connectivity index (χ1) is 10.2. The molecule has 0 saturated heterocycles. The Morgan fingerprint density at radius 3 is 2.48 bits per heavy atom. The predicted molar refractivity (Wildman–Crippen MR) is 85.4 cm³/mol. The molecule has 0 bridgehead atoms. The lowest BCUT2D eigenvalue weighted by atomic mass is 10.2. The molecule has 2 aromatic rings. The molecule has 112 valence electrons. The molecular weight excluding hydrogens is 286 g/mol. The van der Waals surface area contributed by atoms with Crippen molar-refractivity contribution in [3.8, 4) is 11.5 Å². The summed E-state index contributed by atoms with van der Waals surface area (Å²) in [6, 6.07) is 9.45. The van der Waals surface area contributed by atoms with Crippen LogP contribution in [0, 0.1) is 0 Å². The highest BCUT2D eigenvalue weighted by Crippen LogP contribution is 2.25. The molecule has 1 amide bonds. The van der Waals surface area contributed by atoms with Gasteiger partial charge in [-0.2, -0.15) is 0 Å². The molecule has 21 heavy (non-hydrogen) atoms. The van der Waals surface area contributed by atoms with E-state index in [-0.39, 0.29) is 5.91 Å². The molecule has 1 heterocycles. The number of hydrogen-bond acceptors (Lipinski definition) is 4. The monoisotopic (exact) mass is 305 g/mol. The number of nitrogens with one attached hydrogen (secondary N) is 1. The average Bonchev–Trinajstić information content (AvgIpc) is 3.00. The lowest BCUT2D eigenvalue weighted by molar-refractivity contribution is -0.116. The molecule has 0 fully saturated rings. The Hall–Kier alpha value is -2.01. The zero-order chi connectivity index (χ0) is 15.1. The molecule has 0 spiro atoms. The number of benzene rings is 1. The van der Waals surface area contributed by atoms with Gasteiger partial charge in [0.2, 0.25) is 5.91 Å². The fraction of sp³-hybridized carbons (Fsp3) is 0.312. The van der Waals surface area contributed by atoms with Gasteiger partial charge in [-0.25, -0.2) is 0 Å². The van der Waals surface area contributed by atoms with Gasteiger partial charge in [0.1, 0.15) is 11.5 Å². The summed E-state index contributed by atoms with van der Waals surface area (Å²) in [4.78, 5) is 13.3. The van der Waals surface area contributed by atoms with Crippen LogP contribution in [0.25, 0.3) is 0 Å². The third-order valence-electron chi connectivity index (χ3n) is 3.04. The quantitative estimate of drug-likeness (QED) is 0.848. The molecule has 4 nitrogen and oxygen atoms in total. The standard InChI is InChI=1S/C16H19NO3S/c1-19-13-9-12(10-14(11-13)20-2)17-16(18)7-3-5-15-6-4-8-21-15/h4,6,8-11H,3,5,7H2,1-2H3,(H,17,18). The summed E-state index contributed by atoms with van der Waals surface area (Å²) in [5, 5.41) is 4.93. The summed E-state index contributed by atoms with van der Waals surface area (Å²) in [5.74, 6) is 1.31. The van der Waals surface area contributed by atoms with E-state index in [2.05, 4.69) is 16.8 Å². The van der Waals surface area contributed by atoms with Gasteiger partial charge in [-0.3, -0.25) is 4.79 Å². The van der Waals surface area contributed by atoms with Gasteiger partial charge >= 0.3 is 0 Å². The van der Waals surface area contributed by atoms with Crippen molar-refractivity contribution in [2.75, 3.05) is 19.5 Å². The van der Waals surface area contributed by atoms with Gasteiger partial charge < -0.3 is 14.8 Å². The fourth-order valence-corrected chi connectivity index (χ4v) is 2.73. The van der Waals surface area contributed by atoms with E-state index in [0.717, 1.165) is 12.8 Å². The first-order valence-electron chi connectivity index (χ1n) is 6.76. The van der Waals surface area contributed by atoms with Crippen molar-refractivity contribution in [3.63, 3.8) is 0 Å². The second-order valence-electron chi connectivity index (χ2n) is 4.58. The van der Waals surface area contributed by atoms with Gasteiger partial charge in [0, 0.05) is 35.2 Å². The Bertz CT molecular complexity index is 559. The van der Waals surface area contributed by atoms with Gasteiger partial charge in [-0.1, -0.05) is 6.07 Å². The smallest absolute Gasteiger partial charge is 0.224 e. The minimum atomic E-state index is 0.00172. The number of hydrogen-bond donors (Lipinski definition) is 1. The number of anilines is 1. The van der Waals surface area contributed by atoms with Crippen molar-refractivity contribution in [2.45, 2.75) is 19.3 Å². The second-order valence-corrected chi connectivity index (χ2v) is 5.61. The van der Waals surface area contributed by atoms with Crippen LogP contribution in [-0.4, -0.2) is 20.1 Å². The molecule has 2 rings (SSSR count). The van der Waals surface area contributed by atoms with E-state index >= 15 is 0 Å². The Labute approximate surface area is 128 Å². The highest BCUT2D eigenvalue weighted by Gasteiger charge is 2.06. The van der Waals surface area contributed by atoms with Gasteiger partial charge in [0.15, 0.2) is 0 Å². The van der Waals surface area contributed by atoms with E-state index < -0.39 is 0 Å². The summed E-state index contributed by atoms with van der Waals surface area (Å²) in [6.07, 6.45) is 2.28. The van der Waals surface area contributed by atoms with Crippen LogP contribution < -0.4 is 14.8 Å². The highest BCUT2D eigenvalue weighted by molar-refractivity contribution is 7.09. The molecule has 0 aliphatic carbocycles. The average molecular weight is 305 g/mol. The van der Waals surface area contributed by atoms with Crippen molar-refractivity contribution >= 4 is 22.9 Å². The third-order valence-corrected chi connectivity index (χ3v) is 3.98. The molecule has 1 aromatic heterocycles. The number of carbonyl (C=O) groups is 1. The lowest BCUT2D eigenvalue weighted by Gasteiger charge is -2.09. The largest absolute Gasteiger partial charge is 0.497 e. The summed E-state index contributed by atoms with van der Waals surface area (Å²) in [6.45, 7) is 0. The Kier molecular flexibility index (Phi) is 5.63. The number of carbonyl (C=O) groups excluding carboxylic acids is 1. The van der Waals surface area contributed by atoms with Crippen LogP contribution in [-0.2, 0) is 11.2 Å². The Morgan fingerprint density at radius 2 is 1.90 bits per heavy atom. The zero-order valence-corrected chi connectivity index (χ0v) is 13.0. The highest BCUT2D eigenvalue weighted by atomic mass is 32.1. The first-order valence-corrected chi connectivity index (χ1v) is 7.64. The van der Waals surface area contributed by atoms with Crippen LogP contribution in [0.5, 0.6) is 11.5 Å². The van der Waals surface area contributed by atoms with Crippen molar-refractivity contribution in [2.24, 2.45) is 0 Å². The maximum Gasteiger partial charge on any atom is 0.224 e. The number of aryl methyl sites for hydroxylation is 1. The third kappa shape index (κ3) is 4.79. The Morgan fingerprint density at radius 1 is 1.19 bits per heavy atom. The van der Waals surface area contributed by atoms with Gasteiger partial charge in [-0.15, -0.1) is 11.3 Å². The van der Waals surface area contributed by atoms with Crippen LogP contribution in [0.15, 0.2) is 35.7 Å². The minimum absolute atomic E-state index is 0.00172. The molecule has 1 aromatic carbocycles. The van der Waals surface area contributed by atoms with E-state index in [1.54, 1.807) is 43.8 Å². The van der Waals surface area contributed by atoms with Crippen LogP contribution >= 0.6 is 11.3 Å². The molecule has 0 aliphatic rings. The van der Waals surface area contributed by atoms with Gasteiger partial charge in [0.25, 0.3) is 0 Å².